The van der Waals surface area contributed by atoms with Crippen LogP contribution in [0.5, 0.6) is 0 Å². The summed E-state index contributed by atoms with van der Waals surface area (Å²) in [5.41, 5.74) is 4.89. The Labute approximate surface area is 179 Å². The van der Waals surface area contributed by atoms with Gasteiger partial charge in [-0.1, -0.05) is 24.6 Å². The number of carbonyl (C=O) groups excluding carboxylic acids is 3. The number of hydrogen-bond donors (Lipinski definition) is 1. The van der Waals surface area contributed by atoms with E-state index in [-0.39, 0.29) is 49.1 Å². The molecule has 4 rings (SSSR count). The third kappa shape index (κ3) is 3.51. The first kappa shape index (κ1) is 20.9. The number of hydrogen-bond acceptors (Lipinski definition) is 3. The van der Waals surface area contributed by atoms with Crippen LogP contribution in [-0.2, 0) is 16.1 Å². The number of rotatable bonds is 3. The number of nitrogens with zero attached hydrogens (tertiary/aromatic N) is 3. The van der Waals surface area contributed by atoms with Gasteiger partial charge in [-0.25, -0.2) is 9.18 Å². The molecule has 2 heterocycles. The van der Waals surface area contributed by atoms with Gasteiger partial charge in [-0.05, 0) is 49.3 Å². The molecule has 2 N–H and O–H groups in total. The van der Waals surface area contributed by atoms with E-state index in [1.54, 1.807) is 11.0 Å². The summed E-state index contributed by atoms with van der Waals surface area (Å²) in [5.74, 6) is -0.234. The average molecular weight is 437 g/mol. The zero-order valence-electron chi connectivity index (χ0n) is 16.9. The fraction of sp³-hybridized carbons (Fsp3) is 0.571. The van der Waals surface area contributed by atoms with Crippen molar-refractivity contribution in [1.29, 1.82) is 0 Å². The van der Waals surface area contributed by atoms with Crippen LogP contribution in [0.2, 0.25) is 5.02 Å². The van der Waals surface area contributed by atoms with Crippen molar-refractivity contribution in [3.63, 3.8) is 0 Å². The highest BCUT2D eigenvalue weighted by molar-refractivity contribution is 6.30. The van der Waals surface area contributed by atoms with Crippen molar-refractivity contribution in [2.45, 2.75) is 50.7 Å². The summed E-state index contributed by atoms with van der Waals surface area (Å²) in [6.07, 6.45) is 3.81. The smallest absolute Gasteiger partial charge is 0.314 e. The van der Waals surface area contributed by atoms with Crippen LogP contribution in [0.1, 0.15) is 38.2 Å². The first-order valence-corrected chi connectivity index (χ1v) is 10.7. The summed E-state index contributed by atoms with van der Waals surface area (Å²) in [5, 5.41) is -0.0392. The third-order valence-corrected chi connectivity index (χ3v) is 7.04. The zero-order valence-corrected chi connectivity index (χ0v) is 17.7. The van der Waals surface area contributed by atoms with E-state index in [2.05, 4.69) is 6.92 Å². The number of halogens is 2. The maximum Gasteiger partial charge on any atom is 0.314 e. The van der Waals surface area contributed by atoms with E-state index in [9.17, 15) is 18.8 Å². The van der Waals surface area contributed by atoms with E-state index in [1.807, 2.05) is 0 Å². The number of piperazine rings is 1. The summed E-state index contributed by atoms with van der Waals surface area (Å²) >= 11 is 5.89. The lowest BCUT2D eigenvalue weighted by molar-refractivity contribution is -0.179. The first-order valence-electron chi connectivity index (χ1n) is 10.3. The summed E-state index contributed by atoms with van der Waals surface area (Å²) < 4.78 is 13.5. The van der Waals surface area contributed by atoms with Gasteiger partial charge in [-0.3, -0.25) is 9.59 Å². The lowest BCUT2D eigenvalue weighted by Crippen LogP contribution is -2.82. The number of nitrogens with two attached hydrogens (primary N) is 1. The fourth-order valence-electron chi connectivity index (χ4n) is 4.88. The molecule has 1 spiro atoms. The molecular weight excluding hydrogens is 411 g/mol. The molecular formula is C21H26ClFN4O3. The summed E-state index contributed by atoms with van der Waals surface area (Å²) in [7, 11) is 0. The third-order valence-electron chi connectivity index (χ3n) is 6.75. The summed E-state index contributed by atoms with van der Waals surface area (Å²) in [6, 6.07) is 3.68. The molecule has 0 atom stereocenters. The maximum absolute atomic E-state index is 13.6. The summed E-state index contributed by atoms with van der Waals surface area (Å²) in [4.78, 5) is 43.0. The largest absolute Gasteiger partial charge is 0.351 e. The van der Waals surface area contributed by atoms with Crippen molar-refractivity contribution >= 4 is 29.4 Å². The van der Waals surface area contributed by atoms with Crippen molar-refractivity contribution in [3.05, 3.63) is 34.6 Å². The second kappa shape index (κ2) is 7.72. The molecule has 1 aliphatic carbocycles. The van der Waals surface area contributed by atoms with Gasteiger partial charge in [-0.2, -0.15) is 0 Å². The highest BCUT2D eigenvalue weighted by Gasteiger charge is 2.61. The van der Waals surface area contributed by atoms with Crippen LogP contribution in [0, 0.1) is 11.7 Å². The minimum absolute atomic E-state index is 0.0190. The van der Waals surface area contributed by atoms with Crippen molar-refractivity contribution in [1.82, 2.24) is 14.7 Å². The van der Waals surface area contributed by atoms with Gasteiger partial charge in [0.1, 0.15) is 12.4 Å². The van der Waals surface area contributed by atoms with Gasteiger partial charge < -0.3 is 20.4 Å². The molecule has 0 radical (unpaired) electrons. The normalized spacial score (nSPS) is 26.2. The van der Waals surface area contributed by atoms with Gasteiger partial charge in [0.15, 0.2) is 5.54 Å². The molecule has 4 amide bonds. The minimum atomic E-state index is -1.13. The van der Waals surface area contributed by atoms with E-state index < -0.39 is 17.4 Å². The Kier molecular flexibility index (Phi) is 5.38. The molecule has 1 aromatic carbocycles. The molecule has 2 saturated heterocycles. The van der Waals surface area contributed by atoms with E-state index in [0.29, 0.717) is 11.5 Å². The molecule has 2 aliphatic heterocycles. The predicted molar refractivity (Wildman–Crippen MR) is 109 cm³/mol. The van der Waals surface area contributed by atoms with Gasteiger partial charge in [0.2, 0.25) is 5.91 Å². The molecule has 0 aromatic heterocycles. The number of benzene rings is 1. The van der Waals surface area contributed by atoms with Gasteiger partial charge in [0, 0.05) is 12.6 Å². The predicted octanol–water partition coefficient (Wildman–Crippen LogP) is 2.36. The number of amides is 4. The number of urea groups is 1. The molecule has 9 heteroatoms. The molecule has 0 bridgehead atoms. The topological polar surface area (TPSA) is 86.9 Å². The Balaban J connectivity index is 1.61. The van der Waals surface area contributed by atoms with Crippen LogP contribution < -0.4 is 5.73 Å². The van der Waals surface area contributed by atoms with Crippen molar-refractivity contribution in [3.8, 4) is 0 Å². The van der Waals surface area contributed by atoms with Gasteiger partial charge in [-0.15, -0.1) is 0 Å². The number of primary amides is 1. The molecule has 7 nitrogen and oxygen atoms in total. The maximum atomic E-state index is 13.6. The Bertz CT molecular complexity index is 881. The van der Waals surface area contributed by atoms with Crippen molar-refractivity contribution in [2.75, 3.05) is 19.6 Å². The summed E-state index contributed by atoms with van der Waals surface area (Å²) in [6.45, 7) is 2.48. The first-order chi connectivity index (χ1) is 14.2. The Morgan fingerprint density at radius 2 is 1.90 bits per heavy atom. The Morgan fingerprint density at radius 3 is 2.50 bits per heavy atom. The lowest BCUT2D eigenvalue weighted by atomic mass is 9.80. The van der Waals surface area contributed by atoms with Crippen LogP contribution in [-0.4, -0.2) is 63.8 Å². The Morgan fingerprint density at radius 1 is 1.23 bits per heavy atom. The fourth-order valence-corrected chi connectivity index (χ4v) is 5.08. The monoisotopic (exact) mass is 436 g/mol. The van der Waals surface area contributed by atoms with Gasteiger partial charge in [0.25, 0.3) is 5.91 Å². The van der Waals surface area contributed by atoms with Crippen LogP contribution in [0.3, 0.4) is 0 Å². The quantitative estimate of drug-likeness (QED) is 0.789. The van der Waals surface area contributed by atoms with E-state index in [4.69, 9.17) is 17.3 Å². The van der Waals surface area contributed by atoms with E-state index in [0.717, 1.165) is 25.7 Å². The van der Waals surface area contributed by atoms with Gasteiger partial charge in [0.05, 0.1) is 18.1 Å². The van der Waals surface area contributed by atoms with Crippen molar-refractivity contribution in [2.24, 2.45) is 11.7 Å². The molecule has 1 aromatic rings. The van der Waals surface area contributed by atoms with Crippen molar-refractivity contribution < 1.29 is 18.8 Å². The standard InChI is InChI=1S/C21H26ClFN4O3/c1-13-2-5-15(6-3-13)26-10-18(28)27(9-14-4-7-17(23)16(22)8-14)21(19(26)29)11-25(12-21)20(24)30/h4,7-8,13,15H,2-3,5-6,9-12H2,1H3,(H2,24,30). The van der Waals surface area contributed by atoms with E-state index >= 15 is 0 Å². The minimum Gasteiger partial charge on any atom is -0.351 e. The van der Waals surface area contributed by atoms with E-state index in [1.165, 1.54) is 21.9 Å². The highest BCUT2D eigenvalue weighted by atomic mass is 35.5. The molecule has 1 saturated carbocycles. The van der Waals surface area contributed by atoms with Crippen LogP contribution >= 0.6 is 11.6 Å². The zero-order chi connectivity index (χ0) is 21.6. The molecule has 0 unspecified atom stereocenters. The SMILES string of the molecule is CC1CCC(N2CC(=O)N(Cc3ccc(F)c(Cl)c3)C3(CN(C(N)=O)C3)C2=O)CC1. The van der Waals surface area contributed by atoms with Crippen LogP contribution in [0.4, 0.5) is 9.18 Å². The van der Waals surface area contributed by atoms with Crippen LogP contribution in [0.15, 0.2) is 18.2 Å². The molecule has 3 fully saturated rings. The molecule has 162 valence electrons. The van der Waals surface area contributed by atoms with Crippen LogP contribution in [0.25, 0.3) is 0 Å². The number of likely N-dealkylation sites (tertiary alicyclic amines) is 1. The lowest BCUT2D eigenvalue weighted by Gasteiger charge is -2.58. The number of carbonyl (C=O) groups is 3. The second-order valence-corrected chi connectivity index (χ2v) is 9.21. The molecule has 30 heavy (non-hydrogen) atoms. The highest BCUT2D eigenvalue weighted by Crippen LogP contribution is 2.38. The Hall–Kier alpha value is -2.35. The second-order valence-electron chi connectivity index (χ2n) is 8.80. The molecule has 3 aliphatic rings. The average Bonchev–Trinajstić information content (AvgIpc) is 2.66. The van der Waals surface area contributed by atoms with Gasteiger partial charge >= 0.3 is 6.03 Å².